The van der Waals surface area contributed by atoms with Crippen LogP contribution in [0.2, 0.25) is 0 Å². The van der Waals surface area contributed by atoms with E-state index in [0.29, 0.717) is 6.79 Å². The van der Waals surface area contributed by atoms with Crippen LogP contribution in [0.5, 0.6) is 5.75 Å². The number of benzene rings is 1. The van der Waals surface area contributed by atoms with Gasteiger partial charge in [0.2, 0.25) is 0 Å². The van der Waals surface area contributed by atoms with Crippen LogP contribution in [0.3, 0.4) is 0 Å². The summed E-state index contributed by atoms with van der Waals surface area (Å²) >= 11 is 0. The molecule has 0 aromatic heterocycles. The fourth-order valence-corrected chi connectivity index (χ4v) is 4.94. The highest BCUT2D eigenvalue weighted by Gasteiger charge is 2.24. The zero-order valence-electron chi connectivity index (χ0n) is 17.6. The van der Waals surface area contributed by atoms with Crippen LogP contribution in [0.25, 0.3) is 0 Å². The van der Waals surface area contributed by atoms with E-state index in [1.165, 1.54) is 94.5 Å². The Balaban J connectivity index is 1.70. The van der Waals surface area contributed by atoms with E-state index < -0.39 is 0 Å². The molecule has 5 nitrogen and oxygen atoms in total. The first-order chi connectivity index (χ1) is 13.8. The molecule has 3 fully saturated rings. The van der Waals surface area contributed by atoms with Gasteiger partial charge in [0, 0.05) is 51.1 Å². The number of likely N-dealkylation sites (tertiary alicyclic amines) is 1. The van der Waals surface area contributed by atoms with Crippen molar-refractivity contribution in [3.8, 4) is 5.75 Å². The molecule has 0 N–H and O–H groups in total. The van der Waals surface area contributed by atoms with Gasteiger partial charge in [0.05, 0.1) is 5.69 Å². The Morgan fingerprint density at radius 2 is 1.36 bits per heavy atom. The molecule has 0 unspecified atom stereocenters. The second kappa shape index (κ2) is 9.84. The van der Waals surface area contributed by atoms with E-state index in [0.717, 1.165) is 25.4 Å². The Bertz CT molecular complexity index is 619. The summed E-state index contributed by atoms with van der Waals surface area (Å²) in [6.07, 6.45) is 10.5. The van der Waals surface area contributed by atoms with Crippen LogP contribution >= 0.6 is 0 Å². The van der Waals surface area contributed by atoms with Crippen molar-refractivity contribution >= 4 is 11.4 Å². The minimum Gasteiger partial charge on any atom is -0.465 e. The number of hydrogen-bond donors (Lipinski definition) is 0. The molecule has 4 rings (SSSR count). The summed E-state index contributed by atoms with van der Waals surface area (Å²) in [4.78, 5) is 7.72. The first-order valence-corrected chi connectivity index (χ1v) is 11.4. The molecule has 3 heterocycles. The minimum absolute atomic E-state index is 0.316. The lowest BCUT2D eigenvalue weighted by Crippen LogP contribution is -2.32. The molecule has 0 bridgehead atoms. The second-order valence-corrected chi connectivity index (χ2v) is 8.58. The fourth-order valence-electron chi connectivity index (χ4n) is 4.94. The summed E-state index contributed by atoms with van der Waals surface area (Å²) < 4.78 is 11.5. The van der Waals surface area contributed by atoms with Gasteiger partial charge in [-0.1, -0.05) is 0 Å². The zero-order valence-corrected chi connectivity index (χ0v) is 17.6. The lowest BCUT2D eigenvalue weighted by molar-refractivity contribution is 0.0502. The molecular weight excluding hydrogens is 350 g/mol. The molecule has 0 amide bonds. The van der Waals surface area contributed by atoms with E-state index in [2.05, 4.69) is 26.8 Å². The largest absolute Gasteiger partial charge is 0.465 e. The van der Waals surface area contributed by atoms with Crippen LogP contribution in [-0.2, 0) is 11.3 Å². The molecule has 0 aliphatic carbocycles. The minimum atomic E-state index is 0.316. The average molecular weight is 388 g/mol. The number of anilines is 2. The normalized spacial score (nSPS) is 21.3. The number of hydrogen-bond acceptors (Lipinski definition) is 5. The third-order valence-electron chi connectivity index (χ3n) is 6.46. The van der Waals surface area contributed by atoms with Gasteiger partial charge in [-0.3, -0.25) is 4.90 Å². The van der Waals surface area contributed by atoms with Crippen molar-refractivity contribution in [3.63, 3.8) is 0 Å². The lowest BCUT2D eigenvalue weighted by Gasteiger charge is -2.35. The van der Waals surface area contributed by atoms with Crippen molar-refractivity contribution < 1.29 is 9.47 Å². The quantitative estimate of drug-likeness (QED) is 0.653. The van der Waals surface area contributed by atoms with Gasteiger partial charge < -0.3 is 19.3 Å². The average Bonchev–Trinajstić information content (AvgIpc) is 3.27. The van der Waals surface area contributed by atoms with Crippen molar-refractivity contribution in [2.75, 3.05) is 63.0 Å². The first kappa shape index (κ1) is 19.8. The Morgan fingerprint density at radius 3 is 2.00 bits per heavy atom. The van der Waals surface area contributed by atoms with Crippen molar-refractivity contribution in [1.29, 1.82) is 0 Å². The highest BCUT2D eigenvalue weighted by molar-refractivity contribution is 5.70. The van der Waals surface area contributed by atoms with E-state index in [1.807, 2.05) is 0 Å². The maximum atomic E-state index is 6.21. The van der Waals surface area contributed by atoms with Crippen LogP contribution in [0.4, 0.5) is 11.4 Å². The molecule has 5 heteroatoms. The van der Waals surface area contributed by atoms with E-state index >= 15 is 0 Å². The summed E-state index contributed by atoms with van der Waals surface area (Å²) in [5.41, 5.74) is 4.01. The number of nitrogens with zero attached hydrogens (tertiary/aromatic N) is 3. The van der Waals surface area contributed by atoms with Crippen molar-refractivity contribution in [2.24, 2.45) is 0 Å². The highest BCUT2D eigenvalue weighted by Crippen LogP contribution is 2.40. The maximum absolute atomic E-state index is 6.21. The standard InChI is InChI=1S/C23H37N3O2/c1-27-19-28-23-20(18-24-10-8-9-11-24)16-21(25-12-4-2-5-13-25)17-22(23)26-14-6-3-7-15-26/h16-17H,2-15,18-19H2,1H3. The lowest BCUT2D eigenvalue weighted by atomic mass is 10.0. The predicted octanol–water partition coefficient (Wildman–Crippen LogP) is 4.25. The Labute approximate surface area is 170 Å². The SMILES string of the molecule is COCOc1c(CN2CCCC2)cc(N2CCCCC2)cc1N1CCCCC1. The predicted molar refractivity (Wildman–Crippen MR) is 116 cm³/mol. The molecule has 156 valence electrons. The van der Waals surface area contributed by atoms with Crippen LogP contribution in [0, 0.1) is 0 Å². The third-order valence-corrected chi connectivity index (χ3v) is 6.46. The first-order valence-electron chi connectivity index (χ1n) is 11.4. The number of methoxy groups -OCH3 is 1. The maximum Gasteiger partial charge on any atom is 0.188 e. The van der Waals surface area contributed by atoms with Crippen molar-refractivity contribution in [3.05, 3.63) is 17.7 Å². The summed E-state index contributed by atoms with van der Waals surface area (Å²) in [5, 5.41) is 0. The highest BCUT2D eigenvalue weighted by atomic mass is 16.7. The van der Waals surface area contributed by atoms with E-state index in [1.54, 1.807) is 7.11 Å². The van der Waals surface area contributed by atoms with Crippen LogP contribution in [0.1, 0.15) is 56.9 Å². The molecule has 0 atom stereocenters. The molecule has 28 heavy (non-hydrogen) atoms. The second-order valence-electron chi connectivity index (χ2n) is 8.58. The van der Waals surface area contributed by atoms with Crippen molar-refractivity contribution in [1.82, 2.24) is 4.90 Å². The van der Waals surface area contributed by atoms with Crippen molar-refractivity contribution in [2.45, 2.75) is 57.9 Å². The van der Waals surface area contributed by atoms with Gasteiger partial charge in [-0.15, -0.1) is 0 Å². The van der Waals surface area contributed by atoms with Gasteiger partial charge in [0.1, 0.15) is 5.75 Å². The number of rotatable bonds is 7. The van der Waals surface area contributed by atoms with Gasteiger partial charge >= 0.3 is 0 Å². The Morgan fingerprint density at radius 1 is 0.750 bits per heavy atom. The molecule has 1 aromatic carbocycles. The summed E-state index contributed by atoms with van der Waals surface area (Å²) in [7, 11) is 1.71. The molecule has 3 aliphatic rings. The summed E-state index contributed by atoms with van der Waals surface area (Å²) in [6.45, 7) is 8.35. The molecule has 3 aliphatic heterocycles. The van der Waals surface area contributed by atoms with E-state index in [9.17, 15) is 0 Å². The van der Waals surface area contributed by atoms with Crippen LogP contribution in [0.15, 0.2) is 12.1 Å². The molecule has 1 aromatic rings. The molecule has 0 saturated carbocycles. The van der Waals surface area contributed by atoms with Gasteiger partial charge in [0.15, 0.2) is 6.79 Å². The van der Waals surface area contributed by atoms with Gasteiger partial charge in [-0.25, -0.2) is 0 Å². The van der Waals surface area contributed by atoms with Crippen LogP contribution in [-0.4, -0.2) is 58.1 Å². The topological polar surface area (TPSA) is 28.2 Å². The molecule has 0 spiro atoms. The molecule has 3 saturated heterocycles. The van der Waals surface area contributed by atoms with E-state index in [4.69, 9.17) is 9.47 Å². The number of ether oxygens (including phenoxy) is 2. The van der Waals surface area contributed by atoms with Gasteiger partial charge in [-0.2, -0.15) is 0 Å². The van der Waals surface area contributed by atoms with E-state index in [-0.39, 0.29) is 0 Å². The van der Waals surface area contributed by atoms with Gasteiger partial charge in [0.25, 0.3) is 0 Å². The summed E-state index contributed by atoms with van der Waals surface area (Å²) in [6, 6.07) is 4.80. The van der Waals surface area contributed by atoms with Crippen LogP contribution < -0.4 is 14.5 Å². The van der Waals surface area contributed by atoms with Gasteiger partial charge in [-0.05, 0) is 76.6 Å². The summed E-state index contributed by atoms with van der Waals surface area (Å²) in [5.74, 6) is 1.05. The monoisotopic (exact) mass is 387 g/mol. The zero-order chi connectivity index (χ0) is 19.2. The Hall–Kier alpha value is -1.46. The third kappa shape index (κ3) is 4.74. The molecular formula is C23H37N3O2. The Kier molecular flexibility index (Phi) is 6.97. The fraction of sp³-hybridized carbons (Fsp3) is 0.739. The number of piperidine rings is 2. The molecule has 0 radical (unpaired) electrons. The smallest absolute Gasteiger partial charge is 0.188 e.